The Balaban J connectivity index is 3.25. The third-order valence-electron chi connectivity index (χ3n) is 5.52. The lowest BCUT2D eigenvalue weighted by atomic mass is 9.99. The van der Waals surface area contributed by atoms with E-state index in [0.717, 1.165) is 31.6 Å². The highest BCUT2D eigenvalue weighted by atomic mass is 16.1. The number of unbranched alkanes of at least 4 members (excludes halogenated alkanes) is 11. The standard InChI is InChI=1S/C25H45N3O/c1-3-24(2)22-20-18-16-14-12-10-8-6-4-5-7-9-11-13-15-17-19-21-23-25(29)27-28-26/h7,9,15,17,24H,3-6,8,10-14,16,18-23H2,1-2H3/b9-7-,17-15-. The molecule has 0 aliphatic heterocycles. The summed E-state index contributed by atoms with van der Waals surface area (Å²) in [5.74, 6) is 0.553. The molecule has 1 unspecified atom stereocenters. The van der Waals surface area contributed by atoms with Gasteiger partial charge in [-0.15, -0.1) is 0 Å². The van der Waals surface area contributed by atoms with Gasteiger partial charge in [-0.2, -0.15) is 0 Å². The molecule has 0 aromatic heterocycles. The monoisotopic (exact) mass is 403 g/mol. The van der Waals surface area contributed by atoms with Gasteiger partial charge in [0.15, 0.2) is 0 Å². The van der Waals surface area contributed by atoms with Crippen LogP contribution in [0.1, 0.15) is 123 Å². The van der Waals surface area contributed by atoms with Crippen molar-refractivity contribution < 1.29 is 4.79 Å². The molecule has 1 amide bonds. The van der Waals surface area contributed by atoms with Crippen molar-refractivity contribution in [1.82, 2.24) is 0 Å². The normalized spacial score (nSPS) is 12.5. The van der Waals surface area contributed by atoms with Crippen LogP contribution in [0.4, 0.5) is 0 Å². The molecule has 0 aliphatic carbocycles. The molecule has 0 aromatic rings. The van der Waals surface area contributed by atoms with Crippen molar-refractivity contribution in [3.05, 3.63) is 34.7 Å². The Kier molecular flexibility index (Phi) is 21.5. The van der Waals surface area contributed by atoms with Crippen molar-refractivity contribution in [2.45, 2.75) is 123 Å². The zero-order valence-corrected chi connectivity index (χ0v) is 19.2. The average molecular weight is 404 g/mol. The third-order valence-corrected chi connectivity index (χ3v) is 5.52. The molecular weight excluding hydrogens is 358 g/mol. The molecule has 0 heterocycles. The summed E-state index contributed by atoms with van der Waals surface area (Å²) in [6.45, 7) is 4.67. The largest absolute Gasteiger partial charge is 0.293 e. The molecule has 0 radical (unpaired) electrons. The fourth-order valence-electron chi connectivity index (χ4n) is 3.33. The van der Waals surface area contributed by atoms with Gasteiger partial charge in [0.05, 0.1) is 0 Å². The minimum Gasteiger partial charge on any atom is -0.293 e. The smallest absolute Gasteiger partial charge is 0.218 e. The molecule has 0 aliphatic rings. The maximum absolute atomic E-state index is 11.0. The number of allylic oxidation sites excluding steroid dienone is 4. The second kappa shape index (κ2) is 22.7. The van der Waals surface area contributed by atoms with Crippen LogP contribution in [0.5, 0.6) is 0 Å². The van der Waals surface area contributed by atoms with Crippen LogP contribution in [-0.4, -0.2) is 5.91 Å². The number of rotatable bonds is 20. The number of nitrogens with zero attached hydrogens (tertiary/aromatic N) is 3. The predicted octanol–water partition coefficient (Wildman–Crippen LogP) is 9.22. The molecule has 166 valence electrons. The summed E-state index contributed by atoms with van der Waals surface area (Å²) in [5, 5.41) is 3.06. The van der Waals surface area contributed by atoms with E-state index in [1.165, 1.54) is 77.0 Å². The quantitative estimate of drug-likeness (QED) is 0.0656. The van der Waals surface area contributed by atoms with E-state index in [2.05, 4.69) is 48.2 Å². The van der Waals surface area contributed by atoms with Gasteiger partial charge in [0, 0.05) is 11.3 Å². The Morgan fingerprint density at radius 3 is 1.83 bits per heavy atom. The first-order valence-corrected chi connectivity index (χ1v) is 12.1. The molecule has 0 bridgehead atoms. The number of carbonyl (C=O) groups is 1. The van der Waals surface area contributed by atoms with E-state index in [4.69, 9.17) is 5.53 Å². The van der Waals surface area contributed by atoms with Crippen LogP contribution in [0.15, 0.2) is 29.4 Å². The van der Waals surface area contributed by atoms with E-state index in [0.29, 0.717) is 6.42 Å². The molecule has 1 atom stereocenters. The lowest BCUT2D eigenvalue weighted by molar-refractivity contribution is -0.118. The molecule has 0 saturated carbocycles. The second-order valence-corrected chi connectivity index (χ2v) is 8.27. The van der Waals surface area contributed by atoms with Crippen LogP contribution in [0.3, 0.4) is 0 Å². The van der Waals surface area contributed by atoms with E-state index in [1.807, 2.05) is 0 Å². The molecule has 0 N–H and O–H groups in total. The molecule has 4 nitrogen and oxygen atoms in total. The van der Waals surface area contributed by atoms with Crippen LogP contribution in [-0.2, 0) is 4.79 Å². The molecule has 0 fully saturated rings. The summed E-state index contributed by atoms with van der Waals surface area (Å²) in [7, 11) is 0. The topological polar surface area (TPSA) is 65.8 Å². The number of azide groups is 1. The summed E-state index contributed by atoms with van der Waals surface area (Å²) in [5.41, 5.74) is 8.13. The Bertz CT molecular complexity index is 478. The number of carbonyl (C=O) groups excluding carboxylic acids is 1. The average Bonchev–Trinajstić information content (AvgIpc) is 2.72. The van der Waals surface area contributed by atoms with E-state index < -0.39 is 0 Å². The van der Waals surface area contributed by atoms with Gasteiger partial charge in [0.2, 0.25) is 5.91 Å². The molecule has 0 aromatic carbocycles. The van der Waals surface area contributed by atoms with Crippen molar-refractivity contribution in [2.75, 3.05) is 0 Å². The van der Waals surface area contributed by atoms with E-state index >= 15 is 0 Å². The lowest BCUT2D eigenvalue weighted by Crippen LogP contribution is -1.91. The summed E-state index contributed by atoms with van der Waals surface area (Å²) >= 11 is 0. The molecule has 29 heavy (non-hydrogen) atoms. The Morgan fingerprint density at radius 2 is 1.28 bits per heavy atom. The molecule has 0 rings (SSSR count). The third kappa shape index (κ3) is 22.6. The summed E-state index contributed by atoms with van der Waals surface area (Å²) in [6, 6.07) is 0. The van der Waals surface area contributed by atoms with Crippen molar-refractivity contribution in [2.24, 2.45) is 11.0 Å². The first kappa shape index (κ1) is 27.5. The van der Waals surface area contributed by atoms with Crippen molar-refractivity contribution in [1.29, 1.82) is 0 Å². The van der Waals surface area contributed by atoms with Crippen LogP contribution >= 0.6 is 0 Å². The van der Waals surface area contributed by atoms with Gasteiger partial charge in [0.25, 0.3) is 0 Å². The lowest BCUT2D eigenvalue weighted by Gasteiger charge is -2.07. The molecule has 0 saturated heterocycles. The second-order valence-electron chi connectivity index (χ2n) is 8.27. The first-order valence-electron chi connectivity index (χ1n) is 12.1. The summed E-state index contributed by atoms with van der Waals surface area (Å²) < 4.78 is 0. The molecular formula is C25H45N3O. The fraction of sp³-hybridized carbons (Fsp3) is 0.800. The molecule has 4 heteroatoms. The van der Waals surface area contributed by atoms with Crippen molar-refractivity contribution >= 4 is 5.91 Å². The zero-order valence-electron chi connectivity index (χ0n) is 19.2. The van der Waals surface area contributed by atoms with E-state index in [9.17, 15) is 4.79 Å². The summed E-state index contributed by atoms with van der Waals surface area (Å²) in [6.07, 6.45) is 29.6. The van der Waals surface area contributed by atoms with E-state index in [1.54, 1.807) is 0 Å². The van der Waals surface area contributed by atoms with Crippen LogP contribution in [0, 0.1) is 5.92 Å². The highest BCUT2D eigenvalue weighted by Crippen LogP contribution is 2.15. The number of amides is 1. The SMILES string of the molecule is CCC(C)CCCCCCCCCCC/C=C\CC/C=C\CCCC(=O)N=[N+]=[N-]. The van der Waals surface area contributed by atoms with Gasteiger partial charge in [-0.3, -0.25) is 4.79 Å². The highest BCUT2D eigenvalue weighted by Gasteiger charge is 1.98. The van der Waals surface area contributed by atoms with Gasteiger partial charge in [-0.05, 0) is 55.1 Å². The van der Waals surface area contributed by atoms with Gasteiger partial charge in [0.1, 0.15) is 0 Å². The maximum Gasteiger partial charge on any atom is 0.218 e. The van der Waals surface area contributed by atoms with Crippen LogP contribution < -0.4 is 0 Å². The summed E-state index contributed by atoms with van der Waals surface area (Å²) in [4.78, 5) is 13.5. The fourth-order valence-corrected chi connectivity index (χ4v) is 3.33. The van der Waals surface area contributed by atoms with Gasteiger partial charge in [-0.25, -0.2) is 0 Å². The van der Waals surface area contributed by atoms with Crippen molar-refractivity contribution in [3.63, 3.8) is 0 Å². The Hall–Kier alpha value is -1.54. The van der Waals surface area contributed by atoms with Gasteiger partial charge < -0.3 is 0 Å². The van der Waals surface area contributed by atoms with Crippen LogP contribution in [0.2, 0.25) is 0 Å². The van der Waals surface area contributed by atoms with Crippen molar-refractivity contribution in [3.8, 4) is 0 Å². The minimum atomic E-state index is -0.365. The Labute approximate surface area is 179 Å². The Morgan fingerprint density at radius 1 is 0.793 bits per heavy atom. The highest BCUT2D eigenvalue weighted by molar-refractivity contribution is 5.76. The predicted molar refractivity (Wildman–Crippen MR) is 126 cm³/mol. The number of hydrogen-bond acceptors (Lipinski definition) is 1. The van der Waals surface area contributed by atoms with Gasteiger partial charge >= 0.3 is 0 Å². The number of hydrogen-bond donors (Lipinski definition) is 0. The minimum absolute atomic E-state index is 0.340. The first-order chi connectivity index (χ1) is 14.2. The van der Waals surface area contributed by atoms with E-state index in [-0.39, 0.29) is 5.91 Å². The van der Waals surface area contributed by atoms with Crippen LogP contribution in [0.25, 0.3) is 10.4 Å². The zero-order chi connectivity index (χ0) is 21.4. The van der Waals surface area contributed by atoms with Gasteiger partial charge in [-0.1, -0.05) is 102 Å². The molecule has 0 spiro atoms. The maximum atomic E-state index is 11.0.